The predicted octanol–water partition coefficient (Wildman–Crippen LogP) is 4.96. The van der Waals surface area contributed by atoms with Crippen LogP contribution in [0.25, 0.3) is 0 Å². The van der Waals surface area contributed by atoms with Gasteiger partial charge in [0.2, 0.25) is 0 Å². The van der Waals surface area contributed by atoms with Crippen molar-refractivity contribution in [2.45, 2.75) is 57.8 Å². The van der Waals surface area contributed by atoms with Crippen LogP contribution in [0.5, 0.6) is 0 Å². The number of anilines is 1. The van der Waals surface area contributed by atoms with Gasteiger partial charge in [0.15, 0.2) is 0 Å². The summed E-state index contributed by atoms with van der Waals surface area (Å²) in [4.78, 5) is 14.5. The van der Waals surface area contributed by atoms with Gasteiger partial charge in [-0.3, -0.25) is 4.79 Å². The van der Waals surface area contributed by atoms with Gasteiger partial charge in [-0.1, -0.05) is 19.4 Å². The summed E-state index contributed by atoms with van der Waals surface area (Å²) in [7, 11) is 0. The van der Waals surface area contributed by atoms with Crippen molar-refractivity contribution in [3.8, 4) is 0 Å². The Bertz CT molecular complexity index is 681. The largest absolute Gasteiger partial charge is 0.416 e. The summed E-state index contributed by atoms with van der Waals surface area (Å²) in [6, 6.07) is 5.20. The molecule has 3 rings (SSSR count). The minimum atomic E-state index is -4.37. The third-order valence-electron chi connectivity index (χ3n) is 4.92. The molecule has 0 aromatic heterocycles. The van der Waals surface area contributed by atoms with Crippen LogP contribution in [0.1, 0.15) is 51.0 Å². The Morgan fingerprint density at radius 2 is 2.00 bits per heavy atom. The quantitative estimate of drug-likeness (QED) is 0.813. The number of halogens is 3. The van der Waals surface area contributed by atoms with E-state index < -0.39 is 11.7 Å². The second-order valence-electron chi connectivity index (χ2n) is 6.69. The van der Waals surface area contributed by atoms with Crippen molar-refractivity contribution in [2.24, 2.45) is 0 Å². The minimum absolute atomic E-state index is 0.0487. The number of rotatable bonds is 5. The summed E-state index contributed by atoms with van der Waals surface area (Å²) in [5.41, 5.74) is 1.64. The molecule has 1 N–H and O–H groups in total. The summed E-state index contributed by atoms with van der Waals surface area (Å²) in [6.07, 6.45) is 0.783. The van der Waals surface area contributed by atoms with E-state index in [1.54, 1.807) is 11.0 Å². The second kappa shape index (κ2) is 7.10. The van der Waals surface area contributed by atoms with Gasteiger partial charge in [-0.25, -0.2) is 0 Å². The van der Waals surface area contributed by atoms with Crippen LogP contribution in [0.2, 0.25) is 0 Å². The molecule has 0 bridgehead atoms. The number of carbonyl (C=O) groups excluding carboxylic acids is 1. The Balaban J connectivity index is 1.87. The fraction of sp³-hybridized carbons (Fsp3) is 0.526. The number of alkyl halides is 3. The topological polar surface area (TPSA) is 32.3 Å². The first-order valence-electron chi connectivity index (χ1n) is 8.88. The standard InChI is InChI=1S/C19H23F3N2O/c1-2-3-11-24-17(15-9-4-5-10-16(15)18(24)25)23-14-8-6-7-13(12-14)19(20,21)22/h6-8,12,17,23H,2-5,9-11H2,1H3/t17-/m0/s1. The Hall–Kier alpha value is -1.98. The van der Waals surface area contributed by atoms with Gasteiger partial charge in [0.25, 0.3) is 5.91 Å². The lowest BCUT2D eigenvalue weighted by atomic mass is 9.92. The van der Waals surface area contributed by atoms with E-state index in [1.807, 2.05) is 0 Å². The van der Waals surface area contributed by atoms with E-state index >= 15 is 0 Å². The molecule has 0 fully saturated rings. The van der Waals surface area contributed by atoms with E-state index in [-0.39, 0.29) is 12.1 Å². The molecule has 1 amide bonds. The van der Waals surface area contributed by atoms with Crippen LogP contribution in [0, 0.1) is 0 Å². The van der Waals surface area contributed by atoms with Crippen molar-refractivity contribution >= 4 is 11.6 Å². The number of unbranched alkanes of at least 4 members (excludes halogenated alkanes) is 1. The van der Waals surface area contributed by atoms with Gasteiger partial charge in [-0.15, -0.1) is 0 Å². The molecule has 136 valence electrons. The highest BCUT2D eigenvalue weighted by Gasteiger charge is 2.39. The highest BCUT2D eigenvalue weighted by molar-refractivity contribution is 5.98. The molecule has 0 spiro atoms. The molecule has 1 aliphatic heterocycles. The van der Waals surface area contributed by atoms with E-state index in [4.69, 9.17) is 0 Å². The van der Waals surface area contributed by atoms with E-state index in [2.05, 4.69) is 12.2 Å². The Morgan fingerprint density at radius 1 is 1.24 bits per heavy atom. The van der Waals surface area contributed by atoms with E-state index in [0.717, 1.165) is 61.8 Å². The van der Waals surface area contributed by atoms with E-state index in [0.29, 0.717) is 12.2 Å². The van der Waals surface area contributed by atoms with Gasteiger partial charge in [-0.2, -0.15) is 13.2 Å². The van der Waals surface area contributed by atoms with Gasteiger partial charge >= 0.3 is 6.18 Å². The van der Waals surface area contributed by atoms with Crippen molar-refractivity contribution in [2.75, 3.05) is 11.9 Å². The summed E-state index contributed by atoms with van der Waals surface area (Å²) in [5.74, 6) is 0.0487. The van der Waals surface area contributed by atoms with Crippen LogP contribution in [-0.4, -0.2) is 23.5 Å². The lowest BCUT2D eigenvalue weighted by Gasteiger charge is -2.29. The fourth-order valence-corrected chi connectivity index (χ4v) is 3.62. The molecule has 2 aliphatic rings. The number of nitrogens with one attached hydrogen (secondary N) is 1. The maximum atomic E-state index is 13.0. The number of carbonyl (C=O) groups is 1. The van der Waals surface area contributed by atoms with E-state index in [9.17, 15) is 18.0 Å². The van der Waals surface area contributed by atoms with Crippen molar-refractivity contribution in [1.29, 1.82) is 0 Å². The molecule has 25 heavy (non-hydrogen) atoms. The van der Waals surface area contributed by atoms with Gasteiger partial charge in [0.1, 0.15) is 6.17 Å². The van der Waals surface area contributed by atoms with Gasteiger partial charge in [0, 0.05) is 17.8 Å². The molecular weight excluding hydrogens is 329 g/mol. The number of amides is 1. The molecule has 1 aromatic carbocycles. The molecule has 0 saturated heterocycles. The number of benzene rings is 1. The average Bonchev–Trinajstić information content (AvgIpc) is 2.85. The van der Waals surface area contributed by atoms with Crippen LogP contribution in [0.3, 0.4) is 0 Å². The first-order valence-corrected chi connectivity index (χ1v) is 8.88. The monoisotopic (exact) mass is 352 g/mol. The van der Waals surface area contributed by atoms with E-state index in [1.165, 1.54) is 6.07 Å². The molecule has 0 saturated carbocycles. The summed E-state index contributed by atoms with van der Waals surface area (Å²) < 4.78 is 38.9. The van der Waals surface area contributed by atoms with Crippen molar-refractivity contribution < 1.29 is 18.0 Å². The van der Waals surface area contributed by atoms with Crippen LogP contribution >= 0.6 is 0 Å². The second-order valence-corrected chi connectivity index (χ2v) is 6.69. The molecule has 1 heterocycles. The van der Waals surface area contributed by atoms with Gasteiger partial charge in [-0.05, 0) is 55.9 Å². The Morgan fingerprint density at radius 3 is 2.72 bits per heavy atom. The predicted molar refractivity (Wildman–Crippen MR) is 91.0 cm³/mol. The molecular formula is C19H23F3N2O. The smallest absolute Gasteiger partial charge is 0.362 e. The molecule has 1 aromatic rings. The van der Waals surface area contributed by atoms with Crippen molar-refractivity contribution in [3.05, 3.63) is 41.0 Å². The zero-order valence-corrected chi connectivity index (χ0v) is 14.3. The highest BCUT2D eigenvalue weighted by atomic mass is 19.4. The molecule has 6 heteroatoms. The maximum Gasteiger partial charge on any atom is 0.416 e. The highest BCUT2D eigenvalue weighted by Crippen LogP contribution is 2.38. The van der Waals surface area contributed by atoms with Gasteiger partial charge in [0.05, 0.1) is 5.56 Å². The zero-order valence-electron chi connectivity index (χ0n) is 14.3. The van der Waals surface area contributed by atoms with Crippen LogP contribution < -0.4 is 5.32 Å². The number of nitrogens with zero attached hydrogens (tertiary/aromatic N) is 1. The molecule has 1 aliphatic carbocycles. The summed E-state index contributed by atoms with van der Waals surface area (Å²) in [5, 5.41) is 3.19. The number of hydrogen-bond acceptors (Lipinski definition) is 2. The maximum absolute atomic E-state index is 13.0. The minimum Gasteiger partial charge on any atom is -0.362 e. The van der Waals surface area contributed by atoms with Gasteiger partial charge < -0.3 is 10.2 Å². The first-order chi connectivity index (χ1) is 11.9. The SMILES string of the molecule is CCCCN1C(=O)C2=C(CCCC2)[C@H]1Nc1cccc(C(F)(F)F)c1. The lowest BCUT2D eigenvalue weighted by molar-refractivity contribution is -0.137. The molecule has 0 unspecified atom stereocenters. The lowest BCUT2D eigenvalue weighted by Crippen LogP contribution is -2.41. The molecule has 3 nitrogen and oxygen atoms in total. The average molecular weight is 352 g/mol. The first kappa shape index (κ1) is 17.8. The Labute approximate surface area is 145 Å². The summed E-state index contributed by atoms with van der Waals surface area (Å²) in [6.45, 7) is 2.68. The molecule has 1 atom stereocenters. The Kier molecular flexibility index (Phi) is 5.06. The number of hydrogen-bond donors (Lipinski definition) is 1. The summed E-state index contributed by atoms with van der Waals surface area (Å²) >= 11 is 0. The van der Waals surface area contributed by atoms with Crippen LogP contribution in [-0.2, 0) is 11.0 Å². The van der Waals surface area contributed by atoms with Crippen LogP contribution in [0.4, 0.5) is 18.9 Å². The van der Waals surface area contributed by atoms with Crippen molar-refractivity contribution in [1.82, 2.24) is 4.90 Å². The molecule has 0 radical (unpaired) electrons. The van der Waals surface area contributed by atoms with Crippen LogP contribution in [0.15, 0.2) is 35.4 Å². The fourth-order valence-electron chi connectivity index (χ4n) is 3.62. The zero-order chi connectivity index (χ0) is 18.0. The normalized spacial score (nSPS) is 20.9. The third kappa shape index (κ3) is 3.67. The third-order valence-corrected chi connectivity index (χ3v) is 4.92. The van der Waals surface area contributed by atoms with Crippen molar-refractivity contribution in [3.63, 3.8) is 0 Å².